The van der Waals surface area contributed by atoms with Gasteiger partial charge in [0.1, 0.15) is 0 Å². The molecule has 3 saturated heterocycles. The van der Waals surface area contributed by atoms with Gasteiger partial charge in [0.25, 0.3) is 5.91 Å². The number of hydrogen-bond acceptors (Lipinski definition) is 6. The number of carbonyl (C=O) groups is 2. The summed E-state index contributed by atoms with van der Waals surface area (Å²) in [6, 6.07) is 5.32. The van der Waals surface area contributed by atoms with E-state index in [1.54, 1.807) is 36.9 Å². The van der Waals surface area contributed by atoms with Crippen LogP contribution in [0.15, 0.2) is 43.0 Å². The molecule has 3 aliphatic rings. The largest absolute Gasteiger partial charge is 0.345 e. The number of hydrogen-bond donors (Lipinski definition) is 0. The fourth-order valence-electron chi connectivity index (χ4n) is 5.68. The van der Waals surface area contributed by atoms with Crippen LogP contribution in [0.5, 0.6) is 0 Å². The van der Waals surface area contributed by atoms with Crippen LogP contribution in [0.3, 0.4) is 0 Å². The normalized spacial score (nSPS) is 25.5. The van der Waals surface area contributed by atoms with Gasteiger partial charge in [-0.2, -0.15) is 0 Å². The summed E-state index contributed by atoms with van der Waals surface area (Å²) >= 11 is 0. The average Bonchev–Trinajstić information content (AvgIpc) is 3.28. The molecule has 30 heavy (non-hydrogen) atoms. The van der Waals surface area contributed by atoms with Crippen molar-refractivity contribution in [3.05, 3.63) is 48.5 Å². The van der Waals surface area contributed by atoms with Gasteiger partial charge in [0, 0.05) is 75.5 Å². The van der Waals surface area contributed by atoms with Crippen LogP contribution >= 0.6 is 0 Å². The molecule has 8 nitrogen and oxygen atoms in total. The van der Waals surface area contributed by atoms with Crippen molar-refractivity contribution in [3.8, 4) is 0 Å². The molecule has 0 N–H and O–H groups in total. The van der Waals surface area contributed by atoms with Crippen LogP contribution in [-0.2, 0) is 4.79 Å². The van der Waals surface area contributed by atoms with E-state index in [1.165, 1.54) is 0 Å². The van der Waals surface area contributed by atoms with Crippen LogP contribution in [0.1, 0.15) is 29.6 Å². The number of carbonyl (C=O) groups excluding carboxylic acids is 2. The maximum atomic E-state index is 13.4. The van der Waals surface area contributed by atoms with Crippen LogP contribution in [0.25, 0.3) is 0 Å². The van der Waals surface area contributed by atoms with Gasteiger partial charge in [-0.05, 0) is 37.5 Å². The molecular weight excluding hydrogens is 380 g/mol. The Hall–Kier alpha value is -3.03. The zero-order chi connectivity index (χ0) is 20.8. The molecule has 5 rings (SSSR count). The first-order chi connectivity index (χ1) is 14.5. The summed E-state index contributed by atoms with van der Waals surface area (Å²) in [6.45, 7) is 3.50. The van der Waals surface area contributed by atoms with Gasteiger partial charge in [0.2, 0.25) is 11.9 Å². The summed E-state index contributed by atoms with van der Waals surface area (Å²) in [4.78, 5) is 45.1. The summed E-state index contributed by atoms with van der Waals surface area (Å²) in [5, 5.41) is 0. The molecule has 0 radical (unpaired) electrons. The van der Waals surface area contributed by atoms with E-state index in [1.807, 2.05) is 22.9 Å². The van der Waals surface area contributed by atoms with Crippen molar-refractivity contribution in [2.45, 2.75) is 19.3 Å². The topological polar surface area (TPSA) is 82.5 Å². The Labute approximate surface area is 175 Å². The molecule has 3 aliphatic heterocycles. The molecule has 2 aromatic rings. The molecule has 0 aliphatic carbocycles. The van der Waals surface area contributed by atoms with Crippen LogP contribution < -0.4 is 4.90 Å². The molecule has 5 heterocycles. The maximum absolute atomic E-state index is 13.4. The van der Waals surface area contributed by atoms with Gasteiger partial charge in [0.15, 0.2) is 0 Å². The zero-order valence-corrected chi connectivity index (χ0v) is 17.2. The van der Waals surface area contributed by atoms with Gasteiger partial charge in [0.05, 0.1) is 5.41 Å². The Balaban J connectivity index is 1.42. The van der Waals surface area contributed by atoms with E-state index >= 15 is 0 Å². The quantitative estimate of drug-likeness (QED) is 0.751. The van der Waals surface area contributed by atoms with Gasteiger partial charge in [-0.25, -0.2) is 9.97 Å². The molecule has 0 bridgehead atoms. The van der Waals surface area contributed by atoms with E-state index < -0.39 is 5.41 Å². The molecule has 156 valence electrons. The van der Waals surface area contributed by atoms with Gasteiger partial charge < -0.3 is 14.7 Å². The Morgan fingerprint density at radius 2 is 1.67 bits per heavy atom. The van der Waals surface area contributed by atoms with Crippen molar-refractivity contribution in [3.63, 3.8) is 0 Å². The SMILES string of the molecule is CN1CC[C@]2(CN(c3ncccn3)CC23CCN(C(=O)c2ccncc2)CC3)C1=O. The van der Waals surface area contributed by atoms with E-state index in [2.05, 4.69) is 19.9 Å². The third kappa shape index (κ3) is 2.77. The van der Waals surface area contributed by atoms with Gasteiger partial charge >= 0.3 is 0 Å². The Kier molecular flexibility index (Phi) is 4.45. The van der Waals surface area contributed by atoms with Crippen LogP contribution in [0, 0.1) is 10.8 Å². The predicted octanol–water partition coefficient (Wildman–Crippen LogP) is 1.46. The summed E-state index contributed by atoms with van der Waals surface area (Å²) in [6.07, 6.45) is 9.27. The first-order valence-electron chi connectivity index (χ1n) is 10.5. The van der Waals surface area contributed by atoms with Gasteiger partial charge in [-0.3, -0.25) is 14.6 Å². The monoisotopic (exact) mass is 406 g/mol. The number of likely N-dealkylation sites (tertiary alicyclic amines) is 2. The molecule has 0 saturated carbocycles. The summed E-state index contributed by atoms with van der Waals surface area (Å²) in [5.74, 6) is 0.957. The molecular formula is C22H26N6O2. The number of rotatable bonds is 2. The highest BCUT2D eigenvalue weighted by Gasteiger charge is 2.65. The second kappa shape index (κ2) is 7.04. The van der Waals surface area contributed by atoms with E-state index in [9.17, 15) is 9.59 Å². The maximum Gasteiger partial charge on any atom is 0.253 e. The Morgan fingerprint density at radius 3 is 2.30 bits per heavy atom. The van der Waals surface area contributed by atoms with Crippen LogP contribution in [0.4, 0.5) is 5.95 Å². The second-order valence-electron chi connectivity index (χ2n) is 8.77. The first kappa shape index (κ1) is 19.0. The second-order valence-corrected chi connectivity index (χ2v) is 8.77. The fraction of sp³-hybridized carbons (Fsp3) is 0.500. The molecule has 1 atom stereocenters. The van der Waals surface area contributed by atoms with E-state index in [-0.39, 0.29) is 17.2 Å². The highest BCUT2D eigenvalue weighted by Crippen LogP contribution is 2.58. The van der Waals surface area contributed by atoms with E-state index in [4.69, 9.17) is 0 Å². The minimum atomic E-state index is -0.424. The molecule has 0 unspecified atom stereocenters. The minimum Gasteiger partial charge on any atom is -0.345 e. The molecule has 3 fully saturated rings. The third-order valence-corrected chi connectivity index (χ3v) is 7.37. The number of amides is 2. The van der Waals surface area contributed by atoms with Crippen LogP contribution in [-0.4, -0.2) is 76.3 Å². The van der Waals surface area contributed by atoms with Crippen molar-refractivity contribution in [2.75, 3.05) is 44.7 Å². The number of piperidine rings is 1. The summed E-state index contributed by atoms with van der Waals surface area (Å²) in [7, 11) is 1.90. The highest BCUT2D eigenvalue weighted by molar-refractivity contribution is 5.94. The van der Waals surface area contributed by atoms with Gasteiger partial charge in [-0.15, -0.1) is 0 Å². The summed E-state index contributed by atoms with van der Waals surface area (Å²) < 4.78 is 0. The minimum absolute atomic E-state index is 0.0393. The third-order valence-electron chi connectivity index (χ3n) is 7.37. The van der Waals surface area contributed by atoms with Crippen molar-refractivity contribution in [2.24, 2.45) is 10.8 Å². The molecule has 2 amide bonds. The Bertz CT molecular complexity index is 945. The number of aromatic nitrogens is 3. The van der Waals surface area contributed by atoms with Gasteiger partial charge in [-0.1, -0.05) is 0 Å². The highest BCUT2D eigenvalue weighted by atomic mass is 16.2. The lowest BCUT2D eigenvalue weighted by molar-refractivity contribution is -0.140. The van der Waals surface area contributed by atoms with E-state index in [0.717, 1.165) is 32.4 Å². The Morgan fingerprint density at radius 1 is 0.967 bits per heavy atom. The van der Waals surface area contributed by atoms with Crippen LogP contribution in [0.2, 0.25) is 0 Å². The molecule has 0 aromatic carbocycles. The van der Waals surface area contributed by atoms with Crippen molar-refractivity contribution in [1.29, 1.82) is 0 Å². The predicted molar refractivity (Wildman–Crippen MR) is 111 cm³/mol. The zero-order valence-electron chi connectivity index (χ0n) is 17.2. The molecule has 8 heteroatoms. The van der Waals surface area contributed by atoms with Crippen molar-refractivity contribution in [1.82, 2.24) is 24.8 Å². The summed E-state index contributed by atoms with van der Waals surface area (Å²) in [5.41, 5.74) is 0.0774. The number of anilines is 1. The number of fused-ring (bicyclic) bond motifs is 1. The van der Waals surface area contributed by atoms with E-state index in [0.29, 0.717) is 31.1 Å². The lowest BCUT2D eigenvalue weighted by Gasteiger charge is -2.46. The number of nitrogens with zero attached hydrogens (tertiary/aromatic N) is 6. The molecule has 2 spiro atoms. The smallest absolute Gasteiger partial charge is 0.253 e. The number of pyridine rings is 1. The van der Waals surface area contributed by atoms with Crippen molar-refractivity contribution < 1.29 is 9.59 Å². The lowest BCUT2D eigenvalue weighted by atomic mass is 9.60. The molecule has 2 aromatic heterocycles. The fourth-order valence-corrected chi connectivity index (χ4v) is 5.68. The average molecular weight is 406 g/mol. The lowest BCUT2D eigenvalue weighted by Crippen LogP contribution is -2.53. The first-order valence-corrected chi connectivity index (χ1v) is 10.5. The van der Waals surface area contributed by atoms with Crippen molar-refractivity contribution >= 4 is 17.8 Å². The standard InChI is InChI=1S/C22H26N6O2/c1-26-12-7-22(19(26)30)16-28(20-24-8-2-9-25-20)15-21(22)5-13-27(14-6-21)18(29)17-3-10-23-11-4-17/h2-4,8-11H,5-7,12-16H2,1H3/t22-/m0/s1.